The van der Waals surface area contributed by atoms with Gasteiger partial charge in [0.1, 0.15) is 0 Å². The van der Waals surface area contributed by atoms with Gasteiger partial charge in [-0.2, -0.15) is 0 Å². The largest absolute Gasteiger partial charge is 0.371 e. The summed E-state index contributed by atoms with van der Waals surface area (Å²) in [6, 6.07) is 4.30. The number of nitrogens with zero attached hydrogens (tertiary/aromatic N) is 2. The van der Waals surface area contributed by atoms with Gasteiger partial charge in [0.05, 0.1) is 0 Å². The fraction of sp³-hybridized carbons (Fsp3) is 0.615. The van der Waals surface area contributed by atoms with Gasteiger partial charge in [0.2, 0.25) is 0 Å². The summed E-state index contributed by atoms with van der Waals surface area (Å²) in [7, 11) is 2.04. The first kappa shape index (κ1) is 11.4. The van der Waals surface area contributed by atoms with E-state index >= 15 is 0 Å². The highest BCUT2D eigenvalue weighted by atomic mass is 15.1. The molecule has 0 bridgehead atoms. The van der Waals surface area contributed by atoms with E-state index < -0.39 is 0 Å². The lowest BCUT2D eigenvalue weighted by molar-refractivity contribution is 0.393. The average molecular weight is 219 g/mol. The Kier molecular flexibility index (Phi) is 3.78. The molecule has 0 aromatic carbocycles. The monoisotopic (exact) mass is 219 g/mol. The number of anilines is 1. The van der Waals surface area contributed by atoms with E-state index in [2.05, 4.69) is 34.3 Å². The Balaban J connectivity index is 1.94. The Labute approximate surface area is 97.9 Å². The van der Waals surface area contributed by atoms with Crippen LogP contribution in [0.15, 0.2) is 18.3 Å². The minimum Gasteiger partial charge on any atom is -0.371 e. The zero-order valence-electron chi connectivity index (χ0n) is 10.2. The highest BCUT2D eigenvalue weighted by Gasteiger charge is 2.18. The molecular weight excluding hydrogens is 198 g/mol. The van der Waals surface area contributed by atoms with Crippen LogP contribution in [0.2, 0.25) is 0 Å². The molecule has 0 aliphatic carbocycles. The number of aromatic nitrogens is 1. The number of piperidine rings is 1. The molecule has 3 heteroatoms. The summed E-state index contributed by atoms with van der Waals surface area (Å²) in [4.78, 5) is 6.72. The Morgan fingerprint density at radius 2 is 2.19 bits per heavy atom. The van der Waals surface area contributed by atoms with Crippen molar-refractivity contribution in [2.24, 2.45) is 5.92 Å². The second-order valence-electron chi connectivity index (χ2n) is 4.64. The number of pyridine rings is 1. The molecule has 3 nitrogen and oxygen atoms in total. The van der Waals surface area contributed by atoms with E-state index in [4.69, 9.17) is 0 Å². The third-order valence-corrected chi connectivity index (χ3v) is 3.35. The van der Waals surface area contributed by atoms with E-state index in [1.165, 1.54) is 31.6 Å². The standard InChI is InChI=1S/C13H21N3/c1-11-9-13(3-6-15-11)16-7-4-12(5-8-16)10-14-2/h3,6,9,12,14H,4-5,7-8,10H2,1-2H3. The van der Waals surface area contributed by atoms with Gasteiger partial charge >= 0.3 is 0 Å². The molecule has 1 aromatic rings. The van der Waals surface area contributed by atoms with Gasteiger partial charge in [-0.3, -0.25) is 4.98 Å². The highest BCUT2D eigenvalue weighted by Crippen LogP contribution is 2.22. The van der Waals surface area contributed by atoms with Crippen molar-refractivity contribution in [2.75, 3.05) is 31.6 Å². The molecule has 88 valence electrons. The van der Waals surface area contributed by atoms with E-state index in [0.29, 0.717) is 0 Å². The highest BCUT2D eigenvalue weighted by molar-refractivity contribution is 5.46. The maximum absolute atomic E-state index is 4.24. The quantitative estimate of drug-likeness (QED) is 0.840. The normalized spacial score (nSPS) is 17.8. The molecule has 0 amide bonds. The van der Waals surface area contributed by atoms with Crippen molar-refractivity contribution in [1.82, 2.24) is 10.3 Å². The van der Waals surface area contributed by atoms with Crippen molar-refractivity contribution in [1.29, 1.82) is 0 Å². The predicted molar refractivity (Wildman–Crippen MR) is 67.8 cm³/mol. The molecule has 1 aliphatic rings. The van der Waals surface area contributed by atoms with Gasteiger partial charge in [0, 0.05) is 30.7 Å². The second-order valence-corrected chi connectivity index (χ2v) is 4.64. The third kappa shape index (κ3) is 2.73. The van der Waals surface area contributed by atoms with Crippen molar-refractivity contribution in [3.8, 4) is 0 Å². The molecule has 0 radical (unpaired) electrons. The molecular formula is C13H21N3. The second kappa shape index (κ2) is 5.30. The van der Waals surface area contributed by atoms with Crippen LogP contribution in [0.5, 0.6) is 0 Å². The summed E-state index contributed by atoms with van der Waals surface area (Å²) in [5.41, 5.74) is 2.44. The topological polar surface area (TPSA) is 28.2 Å². The summed E-state index contributed by atoms with van der Waals surface area (Å²) in [6.45, 7) is 5.56. The molecule has 16 heavy (non-hydrogen) atoms. The molecule has 0 atom stereocenters. The molecule has 0 unspecified atom stereocenters. The summed E-state index contributed by atoms with van der Waals surface area (Å²) in [5.74, 6) is 0.851. The Morgan fingerprint density at radius 3 is 2.81 bits per heavy atom. The minimum absolute atomic E-state index is 0.851. The van der Waals surface area contributed by atoms with Crippen LogP contribution >= 0.6 is 0 Å². The zero-order chi connectivity index (χ0) is 11.4. The van der Waals surface area contributed by atoms with Crippen molar-refractivity contribution < 1.29 is 0 Å². The molecule has 1 N–H and O–H groups in total. The van der Waals surface area contributed by atoms with Crippen LogP contribution in [0.25, 0.3) is 0 Å². The molecule has 1 saturated heterocycles. The predicted octanol–water partition coefficient (Wildman–Crippen LogP) is 1.83. The lowest BCUT2D eigenvalue weighted by Gasteiger charge is -2.33. The lowest BCUT2D eigenvalue weighted by Crippen LogP contribution is -2.36. The molecule has 0 spiro atoms. The fourth-order valence-electron chi connectivity index (χ4n) is 2.41. The lowest BCUT2D eigenvalue weighted by atomic mass is 9.96. The van der Waals surface area contributed by atoms with E-state index in [-0.39, 0.29) is 0 Å². The van der Waals surface area contributed by atoms with Crippen LogP contribution in [0.1, 0.15) is 18.5 Å². The van der Waals surface area contributed by atoms with Crippen molar-refractivity contribution in [3.05, 3.63) is 24.0 Å². The molecule has 2 heterocycles. The fourth-order valence-corrected chi connectivity index (χ4v) is 2.41. The maximum atomic E-state index is 4.24. The van der Waals surface area contributed by atoms with E-state index in [1.807, 2.05) is 13.2 Å². The maximum Gasteiger partial charge on any atom is 0.0399 e. The van der Waals surface area contributed by atoms with Gasteiger partial charge in [0.15, 0.2) is 0 Å². The van der Waals surface area contributed by atoms with E-state index in [1.54, 1.807) is 0 Å². The van der Waals surface area contributed by atoms with Crippen LogP contribution in [-0.2, 0) is 0 Å². The van der Waals surface area contributed by atoms with Crippen molar-refractivity contribution in [3.63, 3.8) is 0 Å². The number of aryl methyl sites for hydroxylation is 1. The van der Waals surface area contributed by atoms with Crippen molar-refractivity contribution >= 4 is 5.69 Å². The molecule has 1 aliphatic heterocycles. The molecule has 1 fully saturated rings. The minimum atomic E-state index is 0.851. The van der Waals surface area contributed by atoms with E-state index in [9.17, 15) is 0 Å². The summed E-state index contributed by atoms with van der Waals surface area (Å²) in [6.07, 6.45) is 4.49. The van der Waals surface area contributed by atoms with Gasteiger partial charge < -0.3 is 10.2 Å². The van der Waals surface area contributed by atoms with Crippen LogP contribution in [0, 0.1) is 12.8 Å². The molecule has 1 aromatic heterocycles. The van der Waals surface area contributed by atoms with Gasteiger partial charge in [0.25, 0.3) is 0 Å². The van der Waals surface area contributed by atoms with Crippen LogP contribution in [0.4, 0.5) is 5.69 Å². The Morgan fingerprint density at radius 1 is 1.44 bits per heavy atom. The zero-order valence-corrected chi connectivity index (χ0v) is 10.2. The third-order valence-electron chi connectivity index (χ3n) is 3.35. The van der Waals surface area contributed by atoms with Crippen LogP contribution < -0.4 is 10.2 Å². The Bertz CT molecular complexity index is 330. The number of hydrogen-bond donors (Lipinski definition) is 1. The van der Waals surface area contributed by atoms with Gasteiger partial charge in [-0.15, -0.1) is 0 Å². The Hall–Kier alpha value is -1.09. The molecule has 0 saturated carbocycles. The summed E-state index contributed by atoms with van der Waals surface area (Å²) >= 11 is 0. The first-order valence-corrected chi connectivity index (χ1v) is 6.12. The molecule has 2 rings (SSSR count). The first-order chi connectivity index (χ1) is 7.79. The summed E-state index contributed by atoms with van der Waals surface area (Å²) in [5, 5.41) is 3.27. The van der Waals surface area contributed by atoms with Gasteiger partial charge in [-0.1, -0.05) is 0 Å². The van der Waals surface area contributed by atoms with Gasteiger partial charge in [-0.25, -0.2) is 0 Å². The van der Waals surface area contributed by atoms with Gasteiger partial charge in [-0.05, 0) is 51.4 Å². The number of rotatable bonds is 3. The van der Waals surface area contributed by atoms with Crippen molar-refractivity contribution in [2.45, 2.75) is 19.8 Å². The average Bonchev–Trinajstić information content (AvgIpc) is 2.30. The summed E-state index contributed by atoms with van der Waals surface area (Å²) < 4.78 is 0. The number of nitrogens with one attached hydrogen (secondary N) is 1. The smallest absolute Gasteiger partial charge is 0.0399 e. The van der Waals surface area contributed by atoms with Crippen LogP contribution in [0.3, 0.4) is 0 Å². The number of hydrogen-bond acceptors (Lipinski definition) is 3. The van der Waals surface area contributed by atoms with E-state index in [0.717, 1.165) is 18.2 Å². The van der Waals surface area contributed by atoms with Crippen LogP contribution in [-0.4, -0.2) is 31.7 Å². The SMILES string of the molecule is CNCC1CCN(c2ccnc(C)c2)CC1. The first-order valence-electron chi connectivity index (χ1n) is 6.12.